The summed E-state index contributed by atoms with van der Waals surface area (Å²) in [6, 6.07) is 0. The van der Waals surface area contributed by atoms with Crippen LogP contribution in [0, 0.1) is 0 Å². The molecule has 6 heteroatoms. The van der Waals surface area contributed by atoms with Crippen molar-refractivity contribution in [1.82, 2.24) is 0 Å². The maximum Gasteiger partial charge on any atom is 0.404 e. The Morgan fingerprint density at radius 1 is 1.77 bits per heavy atom. The third-order valence-corrected chi connectivity index (χ3v) is 0.988. The van der Waals surface area contributed by atoms with E-state index in [4.69, 9.17) is 9.84 Å². The molecule has 1 rings (SSSR count). The smallest absolute Gasteiger partial charge is 0.404 e. The first-order chi connectivity index (χ1) is 6.06. The molecule has 1 amide bonds. The molecule has 0 bridgehead atoms. The highest BCUT2D eigenvalue weighted by molar-refractivity contribution is 5.78. The summed E-state index contributed by atoms with van der Waals surface area (Å²) in [6.07, 6.45) is 0.211. The number of epoxide rings is 1. The Kier molecular flexibility index (Phi) is 5.29. The molecule has 0 aromatic carbocycles. The molecule has 13 heavy (non-hydrogen) atoms. The van der Waals surface area contributed by atoms with Crippen molar-refractivity contribution < 1.29 is 24.2 Å². The summed E-state index contributed by atoms with van der Waals surface area (Å²) in [4.78, 5) is 19.1. The van der Waals surface area contributed by atoms with Crippen molar-refractivity contribution in [2.24, 2.45) is 5.73 Å². The van der Waals surface area contributed by atoms with Crippen molar-refractivity contribution in [3.63, 3.8) is 0 Å². The molecule has 1 fully saturated rings. The van der Waals surface area contributed by atoms with Crippen LogP contribution >= 0.6 is 0 Å². The second-order valence-corrected chi connectivity index (χ2v) is 2.13. The van der Waals surface area contributed by atoms with Crippen molar-refractivity contribution in [3.8, 4) is 0 Å². The normalized spacial score (nSPS) is 17.7. The standard InChI is InChI=1S/C4H7NO3.C3H4O2/c5-4(6)8-2-3-1-7-3;1-2-3(4)5/h3H,1-2H2,(H2,5,6);2H,1H2,(H,4,5). The van der Waals surface area contributed by atoms with Gasteiger partial charge in [-0.05, 0) is 0 Å². The number of carbonyl (C=O) groups is 2. The van der Waals surface area contributed by atoms with E-state index < -0.39 is 12.1 Å². The number of carboxylic acids is 1. The number of rotatable bonds is 3. The van der Waals surface area contributed by atoms with Crippen LogP contribution in [0.1, 0.15) is 0 Å². The maximum atomic E-state index is 9.88. The van der Waals surface area contributed by atoms with Crippen molar-refractivity contribution in [1.29, 1.82) is 0 Å². The van der Waals surface area contributed by atoms with Crippen LogP contribution in [0.3, 0.4) is 0 Å². The SMILES string of the molecule is C=CC(=O)O.NC(=O)OCC1CO1. The van der Waals surface area contributed by atoms with Crippen LogP contribution in [0.2, 0.25) is 0 Å². The van der Waals surface area contributed by atoms with Crippen molar-refractivity contribution in [2.45, 2.75) is 6.10 Å². The topological polar surface area (TPSA) is 102 Å². The molecule has 1 heterocycles. The lowest BCUT2D eigenvalue weighted by molar-refractivity contribution is -0.131. The number of nitrogens with two attached hydrogens (primary N) is 1. The highest BCUT2D eigenvalue weighted by Crippen LogP contribution is 2.07. The molecule has 0 saturated carbocycles. The van der Waals surface area contributed by atoms with E-state index in [0.717, 1.165) is 6.08 Å². The number of aliphatic carboxylic acids is 1. The van der Waals surface area contributed by atoms with Gasteiger partial charge in [-0.15, -0.1) is 0 Å². The molecule has 0 spiro atoms. The van der Waals surface area contributed by atoms with Crippen LogP contribution in [0.25, 0.3) is 0 Å². The zero-order chi connectivity index (χ0) is 10.3. The third-order valence-electron chi connectivity index (χ3n) is 0.988. The van der Waals surface area contributed by atoms with Gasteiger partial charge in [0.25, 0.3) is 0 Å². The molecule has 74 valence electrons. The van der Waals surface area contributed by atoms with Gasteiger partial charge >= 0.3 is 12.1 Å². The third kappa shape index (κ3) is 10.4. The van der Waals surface area contributed by atoms with Gasteiger partial charge in [-0.25, -0.2) is 9.59 Å². The molecule has 1 atom stereocenters. The van der Waals surface area contributed by atoms with Gasteiger partial charge in [0.2, 0.25) is 0 Å². The van der Waals surface area contributed by atoms with E-state index in [1.54, 1.807) is 0 Å². The van der Waals surface area contributed by atoms with Crippen LogP contribution in [0.15, 0.2) is 12.7 Å². The Labute approximate surface area is 74.9 Å². The molecule has 1 aliphatic heterocycles. The molecule has 0 aromatic rings. The lowest BCUT2D eigenvalue weighted by Crippen LogP contribution is -2.15. The molecule has 3 N–H and O–H groups in total. The van der Waals surface area contributed by atoms with E-state index in [1.165, 1.54) is 0 Å². The Morgan fingerprint density at radius 2 is 2.23 bits per heavy atom. The molecule has 0 aromatic heterocycles. The summed E-state index contributed by atoms with van der Waals surface area (Å²) in [5.41, 5.74) is 4.65. The summed E-state index contributed by atoms with van der Waals surface area (Å²) < 4.78 is 9.11. The highest BCUT2D eigenvalue weighted by atomic mass is 16.6. The first kappa shape index (κ1) is 11.4. The molecular formula is C7H11NO5. The lowest BCUT2D eigenvalue weighted by atomic mass is 10.5. The minimum absolute atomic E-state index is 0.113. The van der Waals surface area contributed by atoms with E-state index in [0.29, 0.717) is 13.2 Å². The zero-order valence-corrected chi connectivity index (χ0v) is 6.93. The van der Waals surface area contributed by atoms with Gasteiger partial charge in [-0.2, -0.15) is 0 Å². The maximum absolute atomic E-state index is 9.88. The summed E-state index contributed by atoms with van der Waals surface area (Å²) in [7, 11) is 0. The minimum atomic E-state index is -0.981. The second kappa shape index (κ2) is 6.01. The molecule has 6 nitrogen and oxygen atoms in total. The largest absolute Gasteiger partial charge is 0.478 e. The Hall–Kier alpha value is -1.56. The highest BCUT2D eigenvalue weighted by Gasteiger charge is 2.23. The van der Waals surface area contributed by atoms with E-state index in [-0.39, 0.29) is 6.10 Å². The minimum Gasteiger partial charge on any atom is -0.478 e. The van der Waals surface area contributed by atoms with Crippen LogP contribution in [-0.4, -0.2) is 36.5 Å². The lowest BCUT2D eigenvalue weighted by Gasteiger charge is -1.93. The summed E-state index contributed by atoms with van der Waals surface area (Å²) in [6.45, 7) is 3.95. The van der Waals surface area contributed by atoms with Gasteiger partial charge in [0, 0.05) is 6.08 Å². The van der Waals surface area contributed by atoms with E-state index >= 15 is 0 Å². The average Bonchev–Trinajstić information content (AvgIpc) is 2.85. The van der Waals surface area contributed by atoms with Crippen molar-refractivity contribution in [2.75, 3.05) is 13.2 Å². The number of ether oxygens (including phenoxy) is 2. The summed E-state index contributed by atoms with van der Waals surface area (Å²) >= 11 is 0. The van der Waals surface area contributed by atoms with Gasteiger partial charge < -0.3 is 20.3 Å². The second-order valence-electron chi connectivity index (χ2n) is 2.13. The molecule has 0 radical (unpaired) electrons. The molecule has 0 aliphatic carbocycles. The van der Waals surface area contributed by atoms with Gasteiger partial charge in [0.05, 0.1) is 6.61 Å². The van der Waals surface area contributed by atoms with Gasteiger partial charge in [-0.3, -0.25) is 0 Å². The Morgan fingerprint density at radius 3 is 2.46 bits per heavy atom. The van der Waals surface area contributed by atoms with Crippen LogP contribution in [0.4, 0.5) is 4.79 Å². The predicted molar refractivity (Wildman–Crippen MR) is 43.1 cm³/mol. The molecule has 1 unspecified atom stereocenters. The predicted octanol–water partition coefficient (Wildman–Crippen LogP) is -0.262. The van der Waals surface area contributed by atoms with E-state index in [9.17, 15) is 9.59 Å². The monoisotopic (exact) mass is 189 g/mol. The summed E-state index contributed by atoms with van der Waals surface area (Å²) in [5, 5.41) is 7.60. The quantitative estimate of drug-likeness (QED) is 0.470. The number of primary amides is 1. The Bertz CT molecular complexity index is 199. The number of hydrogen-bond acceptors (Lipinski definition) is 4. The number of hydrogen-bond donors (Lipinski definition) is 2. The first-order valence-corrected chi connectivity index (χ1v) is 3.45. The fourth-order valence-corrected chi connectivity index (χ4v) is 0.339. The summed E-state index contributed by atoms with van der Waals surface area (Å²) in [5.74, 6) is -0.981. The number of amides is 1. The fraction of sp³-hybridized carbons (Fsp3) is 0.429. The van der Waals surface area contributed by atoms with Crippen LogP contribution in [0.5, 0.6) is 0 Å². The number of carboxylic acid groups (broad SMARTS) is 1. The van der Waals surface area contributed by atoms with Crippen LogP contribution < -0.4 is 5.73 Å². The van der Waals surface area contributed by atoms with Crippen LogP contribution in [-0.2, 0) is 14.3 Å². The van der Waals surface area contributed by atoms with Crippen molar-refractivity contribution in [3.05, 3.63) is 12.7 Å². The number of carbonyl (C=O) groups excluding carboxylic acids is 1. The average molecular weight is 189 g/mol. The molecular weight excluding hydrogens is 178 g/mol. The van der Waals surface area contributed by atoms with E-state index in [1.807, 2.05) is 0 Å². The molecule has 1 aliphatic rings. The van der Waals surface area contributed by atoms with Gasteiger partial charge in [0.1, 0.15) is 12.7 Å². The van der Waals surface area contributed by atoms with Gasteiger partial charge in [-0.1, -0.05) is 6.58 Å². The van der Waals surface area contributed by atoms with Crippen molar-refractivity contribution >= 4 is 12.1 Å². The molecule has 1 saturated heterocycles. The Balaban J connectivity index is 0.000000252. The fourth-order valence-electron chi connectivity index (χ4n) is 0.339. The zero-order valence-electron chi connectivity index (χ0n) is 6.93. The first-order valence-electron chi connectivity index (χ1n) is 3.45. The van der Waals surface area contributed by atoms with E-state index in [2.05, 4.69) is 17.0 Å². The van der Waals surface area contributed by atoms with Gasteiger partial charge in [0.15, 0.2) is 0 Å².